The molecule has 0 bridgehead atoms. The number of phenolic OH excluding ortho intramolecular Hbond substituents is 2. The van der Waals surface area contributed by atoms with Crippen LogP contribution >= 0.6 is 0 Å². The van der Waals surface area contributed by atoms with E-state index < -0.39 is 0 Å². The predicted octanol–water partition coefficient (Wildman–Crippen LogP) is 5.95. The van der Waals surface area contributed by atoms with Crippen molar-refractivity contribution in [3.05, 3.63) is 53.1 Å². The Labute approximate surface area is 186 Å². The van der Waals surface area contributed by atoms with E-state index in [4.69, 9.17) is 0 Å². The van der Waals surface area contributed by atoms with E-state index >= 15 is 0 Å². The monoisotopic (exact) mass is 424 g/mol. The Kier molecular flexibility index (Phi) is 8.14. The van der Waals surface area contributed by atoms with Crippen LogP contribution in [0, 0.1) is 6.92 Å². The summed E-state index contributed by atoms with van der Waals surface area (Å²) in [4.78, 5) is 15.5. The Balaban J connectivity index is 2.68. The van der Waals surface area contributed by atoms with Gasteiger partial charge in [0.2, 0.25) is 0 Å². The molecule has 0 saturated carbocycles. The first-order valence-electron chi connectivity index (χ1n) is 10.8. The highest BCUT2D eigenvalue weighted by molar-refractivity contribution is 5.87. The maximum Gasteiger partial charge on any atom is 0.319 e. The molecule has 5 nitrogen and oxygen atoms in total. The van der Waals surface area contributed by atoms with Gasteiger partial charge in [-0.25, -0.2) is 4.79 Å². The van der Waals surface area contributed by atoms with Gasteiger partial charge in [-0.15, -0.1) is 0 Å². The standard InChI is InChI=1S/C26H36N2O3/c1-8-9-10-11-19-15-23(29)24(21-14-18(4)12-13-20(21)17(2)3)25(30)22(19)16-28(7)26(31)27(5)6/h12-15,29-30H,2,8-11,16H2,1,3-7H3. The fourth-order valence-electron chi connectivity index (χ4n) is 3.86. The summed E-state index contributed by atoms with van der Waals surface area (Å²) in [5, 5.41) is 22.3. The third kappa shape index (κ3) is 5.60. The fraction of sp³-hybridized carbons (Fsp3) is 0.423. The number of amides is 2. The molecule has 0 heterocycles. The van der Waals surface area contributed by atoms with E-state index in [0.29, 0.717) is 11.1 Å². The normalized spacial score (nSPS) is 10.8. The zero-order valence-electron chi connectivity index (χ0n) is 19.7. The Morgan fingerprint density at radius 2 is 1.77 bits per heavy atom. The molecule has 0 fully saturated rings. The second-order valence-corrected chi connectivity index (χ2v) is 8.58. The Morgan fingerprint density at radius 3 is 2.35 bits per heavy atom. The molecule has 0 aliphatic rings. The Bertz CT molecular complexity index is 964. The van der Waals surface area contributed by atoms with Crippen molar-refractivity contribution in [3.8, 4) is 22.6 Å². The molecule has 0 spiro atoms. The summed E-state index contributed by atoms with van der Waals surface area (Å²) < 4.78 is 0. The summed E-state index contributed by atoms with van der Waals surface area (Å²) in [6.07, 6.45) is 3.83. The van der Waals surface area contributed by atoms with Crippen molar-refractivity contribution in [2.45, 2.75) is 53.0 Å². The van der Waals surface area contributed by atoms with Crippen LogP contribution < -0.4 is 0 Å². The van der Waals surface area contributed by atoms with E-state index in [1.807, 2.05) is 32.0 Å². The molecule has 2 aromatic carbocycles. The molecule has 2 aromatic rings. The van der Waals surface area contributed by atoms with Gasteiger partial charge in [-0.2, -0.15) is 0 Å². The molecule has 5 heteroatoms. The first-order valence-corrected chi connectivity index (χ1v) is 10.8. The lowest BCUT2D eigenvalue weighted by Crippen LogP contribution is -2.36. The molecule has 2 N–H and O–H groups in total. The van der Waals surface area contributed by atoms with Crippen LogP contribution in [0.25, 0.3) is 16.7 Å². The molecule has 168 valence electrons. The van der Waals surface area contributed by atoms with Crippen molar-refractivity contribution in [3.63, 3.8) is 0 Å². The molecule has 0 aromatic heterocycles. The van der Waals surface area contributed by atoms with E-state index in [1.54, 1.807) is 32.1 Å². The van der Waals surface area contributed by atoms with Gasteiger partial charge < -0.3 is 20.0 Å². The molecule has 0 aliphatic carbocycles. The van der Waals surface area contributed by atoms with Gasteiger partial charge in [0.1, 0.15) is 11.5 Å². The summed E-state index contributed by atoms with van der Waals surface area (Å²) in [5.41, 5.74) is 5.42. The molecule has 0 saturated heterocycles. The maximum absolute atomic E-state index is 12.4. The van der Waals surface area contributed by atoms with Crippen molar-refractivity contribution in [2.75, 3.05) is 21.1 Å². The number of benzene rings is 2. The highest BCUT2D eigenvalue weighted by Crippen LogP contribution is 2.45. The van der Waals surface area contributed by atoms with E-state index in [2.05, 4.69) is 13.5 Å². The van der Waals surface area contributed by atoms with Crippen LogP contribution in [0.15, 0.2) is 30.8 Å². The van der Waals surface area contributed by atoms with Crippen LogP contribution in [0.4, 0.5) is 4.79 Å². The number of aromatic hydroxyl groups is 2. The second-order valence-electron chi connectivity index (χ2n) is 8.58. The molecule has 31 heavy (non-hydrogen) atoms. The van der Waals surface area contributed by atoms with Crippen molar-refractivity contribution in [2.24, 2.45) is 0 Å². The van der Waals surface area contributed by atoms with Crippen molar-refractivity contribution < 1.29 is 15.0 Å². The van der Waals surface area contributed by atoms with E-state index in [9.17, 15) is 15.0 Å². The molecule has 2 amide bonds. The van der Waals surface area contributed by atoms with Gasteiger partial charge in [0, 0.05) is 26.7 Å². The number of phenols is 2. The molecule has 0 radical (unpaired) electrons. The number of nitrogens with zero attached hydrogens (tertiary/aromatic N) is 2. The minimum atomic E-state index is -0.147. The molecular weight excluding hydrogens is 388 g/mol. The number of hydrogen-bond donors (Lipinski definition) is 2. The van der Waals surface area contributed by atoms with Gasteiger partial charge in [0.05, 0.1) is 12.1 Å². The van der Waals surface area contributed by atoms with Crippen molar-refractivity contribution in [1.82, 2.24) is 9.80 Å². The van der Waals surface area contributed by atoms with Crippen LogP contribution in [0.3, 0.4) is 0 Å². The summed E-state index contributed by atoms with van der Waals surface area (Å²) in [6, 6.07) is 7.51. The average molecular weight is 425 g/mol. The molecule has 0 atom stereocenters. The third-order valence-corrected chi connectivity index (χ3v) is 5.54. The number of allylic oxidation sites excluding steroid dienone is 1. The first-order chi connectivity index (χ1) is 14.6. The zero-order valence-corrected chi connectivity index (χ0v) is 19.7. The van der Waals surface area contributed by atoms with Crippen LogP contribution in [-0.4, -0.2) is 47.2 Å². The minimum Gasteiger partial charge on any atom is -0.507 e. The summed E-state index contributed by atoms with van der Waals surface area (Å²) in [6.45, 7) is 10.3. The lowest BCUT2D eigenvalue weighted by atomic mass is 9.89. The topological polar surface area (TPSA) is 64.0 Å². The number of carbonyl (C=O) groups excluding carboxylic acids is 1. The summed E-state index contributed by atoms with van der Waals surface area (Å²) >= 11 is 0. The maximum atomic E-state index is 12.4. The quantitative estimate of drug-likeness (QED) is 0.515. The second kappa shape index (κ2) is 10.4. The lowest BCUT2D eigenvalue weighted by molar-refractivity contribution is 0.179. The van der Waals surface area contributed by atoms with Crippen molar-refractivity contribution >= 4 is 11.6 Å². The average Bonchev–Trinajstić information content (AvgIpc) is 2.69. The van der Waals surface area contributed by atoms with Gasteiger partial charge in [0.15, 0.2) is 0 Å². The number of rotatable bonds is 8. The van der Waals surface area contributed by atoms with Gasteiger partial charge in [0.25, 0.3) is 0 Å². The van der Waals surface area contributed by atoms with Crippen LogP contribution in [0.5, 0.6) is 11.5 Å². The van der Waals surface area contributed by atoms with Crippen LogP contribution in [0.2, 0.25) is 0 Å². The minimum absolute atomic E-state index is 0.0259. The molecule has 2 rings (SSSR count). The highest BCUT2D eigenvalue weighted by atomic mass is 16.3. The van der Waals surface area contributed by atoms with E-state index in [-0.39, 0.29) is 24.1 Å². The highest BCUT2D eigenvalue weighted by Gasteiger charge is 2.23. The van der Waals surface area contributed by atoms with Gasteiger partial charge in [-0.1, -0.05) is 55.7 Å². The SMILES string of the molecule is C=C(C)c1ccc(C)cc1-c1c(O)cc(CCCCC)c(CN(C)C(=O)N(C)C)c1O. The summed E-state index contributed by atoms with van der Waals surface area (Å²) in [7, 11) is 5.13. The number of hydrogen-bond acceptors (Lipinski definition) is 3. The number of carbonyl (C=O) groups is 1. The van der Waals surface area contributed by atoms with E-state index in [1.165, 1.54) is 4.90 Å². The number of aryl methyl sites for hydroxylation is 2. The number of urea groups is 1. The van der Waals surface area contributed by atoms with Gasteiger partial charge >= 0.3 is 6.03 Å². The lowest BCUT2D eigenvalue weighted by Gasteiger charge is -2.25. The van der Waals surface area contributed by atoms with Gasteiger partial charge in [-0.05, 0) is 49.4 Å². The van der Waals surface area contributed by atoms with Crippen LogP contribution in [0.1, 0.15) is 55.4 Å². The largest absolute Gasteiger partial charge is 0.507 e. The Morgan fingerprint density at radius 1 is 1.10 bits per heavy atom. The smallest absolute Gasteiger partial charge is 0.319 e. The van der Waals surface area contributed by atoms with Gasteiger partial charge in [-0.3, -0.25) is 0 Å². The molecule has 0 aliphatic heterocycles. The molecular formula is C26H36N2O3. The van der Waals surface area contributed by atoms with E-state index in [0.717, 1.165) is 53.5 Å². The Hall–Kier alpha value is -2.95. The van der Waals surface area contributed by atoms with Crippen molar-refractivity contribution in [1.29, 1.82) is 0 Å². The summed E-state index contributed by atoms with van der Waals surface area (Å²) in [5.74, 6) is 0.0699. The molecule has 0 unspecified atom stereocenters. The number of unbranched alkanes of at least 4 members (excludes halogenated alkanes) is 2. The third-order valence-electron chi connectivity index (χ3n) is 5.54. The fourth-order valence-corrected chi connectivity index (χ4v) is 3.86. The zero-order chi connectivity index (χ0) is 23.3. The first kappa shape index (κ1) is 24.3. The predicted molar refractivity (Wildman–Crippen MR) is 128 cm³/mol. The van der Waals surface area contributed by atoms with Crippen LogP contribution in [-0.2, 0) is 13.0 Å².